The summed E-state index contributed by atoms with van der Waals surface area (Å²) in [5.41, 5.74) is 0. The molecule has 0 spiro atoms. The molecule has 2 nitrogen and oxygen atoms in total. The third-order valence-electron chi connectivity index (χ3n) is 2.26. The monoisotopic (exact) mass is 157 g/mol. The van der Waals surface area contributed by atoms with E-state index in [-0.39, 0.29) is 0 Å². The van der Waals surface area contributed by atoms with Crippen LogP contribution in [0.3, 0.4) is 0 Å². The minimum Gasteiger partial charge on any atom is -0.298 e. The van der Waals surface area contributed by atoms with Gasteiger partial charge in [0, 0.05) is 12.1 Å². The van der Waals surface area contributed by atoms with Gasteiger partial charge in [0.25, 0.3) is 0 Å². The van der Waals surface area contributed by atoms with Gasteiger partial charge in [-0.2, -0.15) is 5.06 Å². The fourth-order valence-electron chi connectivity index (χ4n) is 1.66. The van der Waals surface area contributed by atoms with Crippen molar-refractivity contribution in [2.45, 2.75) is 46.2 Å². The third kappa shape index (κ3) is 1.94. The van der Waals surface area contributed by atoms with Crippen LogP contribution >= 0.6 is 0 Å². The Morgan fingerprint density at radius 2 is 1.91 bits per heavy atom. The van der Waals surface area contributed by atoms with Crippen molar-refractivity contribution >= 4 is 0 Å². The van der Waals surface area contributed by atoms with Gasteiger partial charge >= 0.3 is 0 Å². The van der Waals surface area contributed by atoms with Gasteiger partial charge in [0.2, 0.25) is 0 Å². The van der Waals surface area contributed by atoms with E-state index in [2.05, 4.69) is 32.8 Å². The van der Waals surface area contributed by atoms with Gasteiger partial charge in [0.15, 0.2) is 0 Å². The lowest BCUT2D eigenvalue weighted by molar-refractivity contribution is -0.161. The number of rotatable bonds is 2. The third-order valence-corrected chi connectivity index (χ3v) is 2.26. The standard InChI is InChI=1S/C9H19NO/c1-7(2)9-5-6-11-10(9)8(3)4/h7-9H,5-6H2,1-4H3. The fourth-order valence-corrected chi connectivity index (χ4v) is 1.66. The summed E-state index contributed by atoms with van der Waals surface area (Å²) in [5.74, 6) is 0.708. The van der Waals surface area contributed by atoms with Gasteiger partial charge in [0.1, 0.15) is 0 Å². The Balaban J connectivity index is 2.51. The summed E-state index contributed by atoms with van der Waals surface area (Å²) < 4.78 is 0. The summed E-state index contributed by atoms with van der Waals surface area (Å²) in [6, 6.07) is 1.15. The molecule has 0 bridgehead atoms. The van der Waals surface area contributed by atoms with E-state index in [1.54, 1.807) is 0 Å². The molecule has 1 saturated heterocycles. The largest absolute Gasteiger partial charge is 0.298 e. The molecule has 1 aliphatic heterocycles. The SMILES string of the molecule is CC(C)C1CCON1C(C)C. The highest BCUT2D eigenvalue weighted by atomic mass is 16.7. The second kappa shape index (κ2) is 3.55. The lowest BCUT2D eigenvalue weighted by Gasteiger charge is -2.28. The molecule has 1 heterocycles. The number of hydroxylamine groups is 2. The van der Waals surface area contributed by atoms with Crippen molar-refractivity contribution in [1.82, 2.24) is 5.06 Å². The van der Waals surface area contributed by atoms with Crippen LogP contribution in [0.1, 0.15) is 34.1 Å². The van der Waals surface area contributed by atoms with E-state index >= 15 is 0 Å². The summed E-state index contributed by atoms with van der Waals surface area (Å²) in [6.07, 6.45) is 1.19. The smallest absolute Gasteiger partial charge is 0.0701 e. The van der Waals surface area contributed by atoms with E-state index in [0.717, 1.165) is 6.61 Å². The number of hydrogen-bond donors (Lipinski definition) is 0. The Labute approximate surface area is 69.5 Å². The highest BCUT2D eigenvalue weighted by Gasteiger charge is 2.29. The minimum atomic E-state index is 0.518. The predicted molar refractivity (Wildman–Crippen MR) is 46.2 cm³/mol. The second-order valence-corrected chi connectivity index (χ2v) is 3.89. The van der Waals surface area contributed by atoms with E-state index in [1.807, 2.05) is 0 Å². The molecule has 0 amide bonds. The molecule has 1 rings (SSSR count). The maximum Gasteiger partial charge on any atom is 0.0701 e. The van der Waals surface area contributed by atoms with E-state index < -0.39 is 0 Å². The molecule has 0 aromatic rings. The minimum absolute atomic E-state index is 0.518. The van der Waals surface area contributed by atoms with Gasteiger partial charge in [-0.25, -0.2) is 0 Å². The molecule has 1 unspecified atom stereocenters. The average Bonchev–Trinajstić information content (AvgIpc) is 2.32. The van der Waals surface area contributed by atoms with Crippen molar-refractivity contribution in [3.63, 3.8) is 0 Å². The van der Waals surface area contributed by atoms with Crippen molar-refractivity contribution < 1.29 is 4.84 Å². The van der Waals surface area contributed by atoms with Gasteiger partial charge in [-0.05, 0) is 26.2 Å². The molecule has 66 valence electrons. The van der Waals surface area contributed by atoms with Crippen LogP contribution in [0.4, 0.5) is 0 Å². The van der Waals surface area contributed by atoms with Gasteiger partial charge in [0.05, 0.1) is 6.61 Å². The topological polar surface area (TPSA) is 12.5 Å². The van der Waals surface area contributed by atoms with Crippen LogP contribution < -0.4 is 0 Å². The van der Waals surface area contributed by atoms with Crippen LogP contribution in [0.5, 0.6) is 0 Å². The van der Waals surface area contributed by atoms with Crippen LogP contribution in [-0.2, 0) is 4.84 Å². The van der Waals surface area contributed by atoms with Crippen LogP contribution in [0.15, 0.2) is 0 Å². The predicted octanol–water partition coefficient (Wildman–Crippen LogP) is 2.06. The number of hydrogen-bond acceptors (Lipinski definition) is 2. The second-order valence-electron chi connectivity index (χ2n) is 3.89. The Morgan fingerprint density at radius 3 is 2.27 bits per heavy atom. The lowest BCUT2D eigenvalue weighted by Crippen LogP contribution is -2.37. The summed E-state index contributed by atoms with van der Waals surface area (Å²) in [6.45, 7) is 9.78. The van der Waals surface area contributed by atoms with Crippen molar-refractivity contribution in [2.75, 3.05) is 6.61 Å². The van der Waals surface area contributed by atoms with E-state index in [4.69, 9.17) is 4.84 Å². The molecular weight excluding hydrogens is 138 g/mol. The Kier molecular flexibility index (Phi) is 2.90. The molecule has 1 aliphatic rings. The summed E-state index contributed by atoms with van der Waals surface area (Å²) >= 11 is 0. The van der Waals surface area contributed by atoms with Gasteiger partial charge in [-0.1, -0.05) is 13.8 Å². The first-order valence-electron chi connectivity index (χ1n) is 4.54. The molecule has 2 heteroatoms. The molecule has 11 heavy (non-hydrogen) atoms. The zero-order valence-electron chi connectivity index (χ0n) is 8.00. The van der Waals surface area contributed by atoms with E-state index in [0.29, 0.717) is 18.0 Å². The highest BCUT2D eigenvalue weighted by molar-refractivity contribution is 4.75. The summed E-state index contributed by atoms with van der Waals surface area (Å²) in [5, 5.41) is 2.14. The normalized spacial score (nSPS) is 27.3. The fraction of sp³-hybridized carbons (Fsp3) is 1.00. The van der Waals surface area contributed by atoms with Crippen molar-refractivity contribution in [3.8, 4) is 0 Å². The maximum atomic E-state index is 5.52. The van der Waals surface area contributed by atoms with Crippen molar-refractivity contribution in [3.05, 3.63) is 0 Å². The van der Waals surface area contributed by atoms with Crippen molar-refractivity contribution in [2.24, 2.45) is 5.92 Å². The highest BCUT2D eigenvalue weighted by Crippen LogP contribution is 2.23. The molecule has 0 aliphatic carbocycles. The zero-order chi connectivity index (χ0) is 8.43. The summed E-state index contributed by atoms with van der Waals surface area (Å²) in [4.78, 5) is 5.52. The van der Waals surface area contributed by atoms with E-state index in [9.17, 15) is 0 Å². The lowest BCUT2D eigenvalue weighted by atomic mass is 10.0. The molecule has 0 N–H and O–H groups in total. The molecule has 0 aromatic carbocycles. The van der Waals surface area contributed by atoms with Crippen LogP contribution in [-0.4, -0.2) is 23.8 Å². The van der Waals surface area contributed by atoms with Crippen LogP contribution in [0.2, 0.25) is 0 Å². The number of nitrogens with zero attached hydrogens (tertiary/aromatic N) is 1. The molecular formula is C9H19NO. The molecule has 0 aromatic heterocycles. The Hall–Kier alpha value is -0.0800. The first kappa shape index (κ1) is 9.01. The van der Waals surface area contributed by atoms with Gasteiger partial charge < -0.3 is 0 Å². The molecule has 1 atom stereocenters. The van der Waals surface area contributed by atoms with Gasteiger partial charge in [-0.3, -0.25) is 4.84 Å². The van der Waals surface area contributed by atoms with Crippen LogP contribution in [0, 0.1) is 5.92 Å². The Bertz CT molecular complexity index is 109. The zero-order valence-corrected chi connectivity index (χ0v) is 8.00. The van der Waals surface area contributed by atoms with E-state index in [1.165, 1.54) is 6.42 Å². The quantitative estimate of drug-likeness (QED) is 0.608. The first-order chi connectivity index (χ1) is 5.13. The summed E-state index contributed by atoms with van der Waals surface area (Å²) in [7, 11) is 0. The van der Waals surface area contributed by atoms with Crippen LogP contribution in [0.25, 0.3) is 0 Å². The van der Waals surface area contributed by atoms with Crippen molar-refractivity contribution in [1.29, 1.82) is 0 Å². The molecule has 0 radical (unpaired) electrons. The maximum absolute atomic E-state index is 5.52. The molecule has 1 fully saturated rings. The average molecular weight is 157 g/mol. The first-order valence-corrected chi connectivity index (χ1v) is 4.54. The van der Waals surface area contributed by atoms with Gasteiger partial charge in [-0.15, -0.1) is 0 Å². The molecule has 0 saturated carbocycles. The Morgan fingerprint density at radius 1 is 1.27 bits per heavy atom.